The lowest BCUT2D eigenvalue weighted by atomic mass is 9.75. The number of carboxylic acids is 1. The highest BCUT2D eigenvalue weighted by Gasteiger charge is 2.41. The van der Waals surface area contributed by atoms with Crippen LogP contribution in [0, 0.1) is 11.3 Å². The molecule has 1 heterocycles. The zero-order valence-electron chi connectivity index (χ0n) is 12.0. The first-order valence-corrected chi connectivity index (χ1v) is 8.00. The second kappa shape index (κ2) is 6.09. The van der Waals surface area contributed by atoms with Gasteiger partial charge < -0.3 is 9.84 Å². The highest BCUT2D eigenvalue weighted by atomic mass is 32.2. The van der Waals surface area contributed by atoms with E-state index in [1.165, 1.54) is 4.31 Å². The zero-order chi connectivity index (χ0) is 15.6. The van der Waals surface area contributed by atoms with Gasteiger partial charge in [-0.15, -0.1) is 0 Å². The van der Waals surface area contributed by atoms with E-state index in [4.69, 9.17) is 0 Å². The average Bonchev–Trinajstić information content (AvgIpc) is 2.38. The number of methoxy groups -OCH3 is 1. The van der Waals surface area contributed by atoms with Crippen molar-refractivity contribution in [1.82, 2.24) is 4.31 Å². The van der Waals surface area contributed by atoms with E-state index < -0.39 is 33.1 Å². The molecule has 0 saturated carbocycles. The molecule has 0 radical (unpaired) electrons. The molecule has 0 bridgehead atoms. The van der Waals surface area contributed by atoms with Gasteiger partial charge in [0.05, 0.1) is 12.5 Å². The van der Waals surface area contributed by atoms with Crippen molar-refractivity contribution in [3.63, 3.8) is 0 Å². The van der Waals surface area contributed by atoms with Crippen LogP contribution in [0.3, 0.4) is 0 Å². The van der Waals surface area contributed by atoms with Crippen molar-refractivity contribution < 1.29 is 27.9 Å². The molecule has 1 fully saturated rings. The fourth-order valence-electron chi connectivity index (χ4n) is 2.26. The molecule has 1 aliphatic rings. The van der Waals surface area contributed by atoms with Crippen LogP contribution in [-0.2, 0) is 24.3 Å². The number of carbonyl (C=O) groups excluding carboxylic acids is 1. The van der Waals surface area contributed by atoms with E-state index in [1.807, 2.05) is 0 Å². The van der Waals surface area contributed by atoms with Gasteiger partial charge in [0, 0.05) is 13.1 Å². The summed E-state index contributed by atoms with van der Waals surface area (Å²) in [6.45, 7) is 3.62. The maximum Gasteiger partial charge on any atom is 0.322 e. The Hall–Kier alpha value is -1.15. The van der Waals surface area contributed by atoms with Crippen molar-refractivity contribution >= 4 is 22.0 Å². The lowest BCUT2D eigenvalue weighted by Gasteiger charge is -2.38. The van der Waals surface area contributed by atoms with Crippen LogP contribution in [0.5, 0.6) is 0 Å². The van der Waals surface area contributed by atoms with E-state index in [1.54, 1.807) is 13.8 Å². The minimum absolute atomic E-state index is 0.124. The second-order valence-electron chi connectivity index (χ2n) is 5.56. The summed E-state index contributed by atoms with van der Waals surface area (Å²) in [6, 6.07) is 0. The zero-order valence-corrected chi connectivity index (χ0v) is 12.8. The number of carbonyl (C=O) groups is 2. The predicted molar refractivity (Wildman–Crippen MR) is 71.5 cm³/mol. The number of nitrogens with zero attached hydrogens (tertiary/aromatic N) is 1. The third kappa shape index (κ3) is 3.69. The van der Waals surface area contributed by atoms with Gasteiger partial charge in [0.2, 0.25) is 10.0 Å². The van der Waals surface area contributed by atoms with Crippen LogP contribution in [0.25, 0.3) is 0 Å². The molecule has 0 spiro atoms. The SMILES string of the molecule is COC(=O)CS(=O)(=O)N1CCCC(C(C)(C)C(=O)O)C1. The fraction of sp³-hybridized carbons (Fsp3) is 0.833. The van der Waals surface area contributed by atoms with Crippen LogP contribution in [-0.4, -0.2) is 55.7 Å². The molecule has 0 aliphatic carbocycles. The van der Waals surface area contributed by atoms with Gasteiger partial charge >= 0.3 is 11.9 Å². The average molecular weight is 307 g/mol. The minimum atomic E-state index is -3.75. The number of aliphatic carboxylic acids is 1. The number of hydrogen-bond donors (Lipinski definition) is 1. The summed E-state index contributed by atoms with van der Waals surface area (Å²) < 4.78 is 29.7. The number of sulfonamides is 1. The highest BCUT2D eigenvalue weighted by Crippen LogP contribution is 2.35. The van der Waals surface area contributed by atoms with Crippen molar-refractivity contribution in [2.45, 2.75) is 26.7 Å². The molecule has 116 valence electrons. The second-order valence-corrected chi connectivity index (χ2v) is 7.53. The smallest absolute Gasteiger partial charge is 0.322 e. The van der Waals surface area contributed by atoms with Crippen LogP contribution in [0.15, 0.2) is 0 Å². The van der Waals surface area contributed by atoms with Gasteiger partial charge in [-0.3, -0.25) is 9.59 Å². The Morgan fingerprint density at radius 3 is 2.50 bits per heavy atom. The third-order valence-electron chi connectivity index (χ3n) is 3.88. The Balaban J connectivity index is 2.84. The fourth-order valence-corrected chi connectivity index (χ4v) is 3.67. The molecule has 20 heavy (non-hydrogen) atoms. The molecule has 8 heteroatoms. The first kappa shape index (κ1) is 16.9. The Bertz CT molecular complexity index is 484. The Morgan fingerprint density at radius 2 is 2.00 bits per heavy atom. The van der Waals surface area contributed by atoms with Crippen LogP contribution in [0.1, 0.15) is 26.7 Å². The first-order chi connectivity index (χ1) is 9.11. The molecule has 1 atom stereocenters. The lowest BCUT2D eigenvalue weighted by Crippen LogP contribution is -2.48. The van der Waals surface area contributed by atoms with E-state index in [0.717, 1.165) is 7.11 Å². The summed E-state index contributed by atoms with van der Waals surface area (Å²) in [5.74, 6) is -2.75. The summed E-state index contributed by atoms with van der Waals surface area (Å²) in [7, 11) is -2.62. The maximum atomic E-state index is 12.1. The van der Waals surface area contributed by atoms with Gasteiger partial charge in [0.25, 0.3) is 0 Å². The molecule has 0 aromatic rings. The van der Waals surface area contributed by atoms with Crippen molar-refractivity contribution in [3.05, 3.63) is 0 Å². The van der Waals surface area contributed by atoms with Gasteiger partial charge in [-0.1, -0.05) is 0 Å². The maximum absolute atomic E-state index is 12.1. The molecule has 1 unspecified atom stereocenters. The van der Waals surface area contributed by atoms with Crippen molar-refractivity contribution in [3.8, 4) is 0 Å². The Morgan fingerprint density at radius 1 is 1.40 bits per heavy atom. The van der Waals surface area contributed by atoms with E-state index in [-0.39, 0.29) is 12.5 Å². The number of ether oxygens (including phenoxy) is 1. The van der Waals surface area contributed by atoms with Crippen LogP contribution >= 0.6 is 0 Å². The van der Waals surface area contributed by atoms with Gasteiger partial charge in [-0.05, 0) is 32.6 Å². The predicted octanol–water partition coefficient (Wildman–Crippen LogP) is 0.312. The van der Waals surface area contributed by atoms with Gasteiger partial charge in [-0.25, -0.2) is 12.7 Å². The van der Waals surface area contributed by atoms with Gasteiger partial charge in [0.15, 0.2) is 5.75 Å². The summed E-state index contributed by atoms with van der Waals surface area (Å²) >= 11 is 0. The molecule has 0 aromatic heterocycles. The van der Waals surface area contributed by atoms with Crippen molar-refractivity contribution in [2.75, 3.05) is 26.0 Å². The molecule has 1 N–H and O–H groups in total. The minimum Gasteiger partial charge on any atom is -0.481 e. The molecular formula is C12H21NO6S. The summed E-state index contributed by atoms with van der Waals surface area (Å²) in [6.07, 6.45) is 1.24. The van der Waals surface area contributed by atoms with E-state index in [0.29, 0.717) is 19.4 Å². The first-order valence-electron chi connectivity index (χ1n) is 6.39. The highest BCUT2D eigenvalue weighted by molar-refractivity contribution is 7.89. The Kier molecular flexibility index (Phi) is 5.15. The van der Waals surface area contributed by atoms with Crippen molar-refractivity contribution in [2.24, 2.45) is 11.3 Å². The van der Waals surface area contributed by atoms with Crippen LogP contribution in [0.2, 0.25) is 0 Å². The third-order valence-corrected chi connectivity index (χ3v) is 5.60. The van der Waals surface area contributed by atoms with Crippen LogP contribution < -0.4 is 0 Å². The van der Waals surface area contributed by atoms with Gasteiger partial charge in [0.1, 0.15) is 0 Å². The summed E-state index contributed by atoms with van der Waals surface area (Å²) in [5, 5.41) is 9.22. The van der Waals surface area contributed by atoms with Crippen molar-refractivity contribution in [1.29, 1.82) is 0 Å². The molecular weight excluding hydrogens is 286 g/mol. The number of piperidine rings is 1. The standard InChI is InChI=1S/C12H21NO6S/c1-12(2,11(15)16)9-5-4-6-13(7-9)20(17,18)8-10(14)19-3/h9H,4-8H2,1-3H3,(H,15,16). The summed E-state index contributed by atoms with van der Waals surface area (Å²) in [5.41, 5.74) is -1.00. The normalized spacial score (nSPS) is 21.4. The topological polar surface area (TPSA) is 101 Å². The molecule has 1 rings (SSSR count). The number of esters is 1. The van der Waals surface area contributed by atoms with E-state index in [2.05, 4.69) is 4.74 Å². The Labute approximate surface area is 118 Å². The quantitative estimate of drug-likeness (QED) is 0.734. The van der Waals surface area contributed by atoms with Crippen LogP contribution in [0.4, 0.5) is 0 Å². The molecule has 0 amide bonds. The van der Waals surface area contributed by atoms with E-state index >= 15 is 0 Å². The molecule has 0 aromatic carbocycles. The lowest BCUT2D eigenvalue weighted by molar-refractivity contribution is -0.151. The monoisotopic (exact) mass is 307 g/mol. The molecule has 7 nitrogen and oxygen atoms in total. The largest absolute Gasteiger partial charge is 0.481 e. The number of carboxylic acid groups (broad SMARTS) is 1. The van der Waals surface area contributed by atoms with Gasteiger partial charge in [-0.2, -0.15) is 0 Å². The number of rotatable bonds is 5. The van der Waals surface area contributed by atoms with E-state index in [9.17, 15) is 23.1 Å². The number of hydrogen-bond acceptors (Lipinski definition) is 5. The molecule has 1 aliphatic heterocycles. The molecule has 1 saturated heterocycles. The summed E-state index contributed by atoms with van der Waals surface area (Å²) in [4.78, 5) is 22.4.